The summed E-state index contributed by atoms with van der Waals surface area (Å²) in [6, 6.07) is 6.73. The zero-order chi connectivity index (χ0) is 18.1. The maximum atomic E-state index is 11.4. The number of benzene rings is 1. The highest BCUT2D eigenvalue weighted by molar-refractivity contribution is 7.97. The second kappa shape index (κ2) is 6.89. The Bertz CT molecular complexity index is 602. The highest BCUT2D eigenvalue weighted by Crippen LogP contribution is 2.31. The molecule has 0 aliphatic carbocycles. The van der Waals surface area contributed by atoms with Crippen molar-refractivity contribution in [3.63, 3.8) is 0 Å². The molecule has 7 nitrogen and oxygen atoms in total. The number of carboxylic acid groups (broad SMARTS) is 1. The van der Waals surface area contributed by atoms with Crippen LogP contribution >= 0.6 is 11.9 Å². The van der Waals surface area contributed by atoms with E-state index in [-0.39, 0.29) is 0 Å². The number of hydrogen-bond donors (Lipinski definition) is 5. The quantitative estimate of drug-likeness (QED) is 0.404. The molecule has 0 bridgehead atoms. The number of nitrogens with zero attached hydrogens (tertiary/aromatic N) is 1. The summed E-state index contributed by atoms with van der Waals surface area (Å²) in [6.07, 6.45) is -2.57. The van der Waals surface area contributed by atoms with Gasteiger partial charge in [0, 0.05) is 10.4 Å². The first kappa shape index (κ1) is 19.0. The fourth-order valence-electron chi connectivity index (χ4n) is 2.58. The number of rotatable bonds is 4. The van der Waals surface area contributed by atoms with Crippen molar-refractivity contribution in [2.24, 2.45) is 0 Å². The fourth-order valence-corrected chi connectivity index (χ4v) is 3.54. The Hall–Kier alpha value is -1.32. The van der Waals surface area contributed by atoms with Gasteiger partial charge in [0.1, 0.15) is 6.10 Å². The minimum atomic E-state index is -2.47. The second-order valence-electron chi connectivity index (χ2n) is 6.95. The SMILES string of the molecule is CC(C)(C)N(CC(O)C(O)(O)C1Cc2ccccc2SN1)C(=O)O. The molecule has 0 radical (unpaired) electrons. The molecule has 8 heteroatoms. The van der Waals surface area contributed by atoms with Crippen LogP contribution in [0.1, 0.15) is 26.3 Å². The van der Waals surface area contributed by atoms with Gasteiger partial charge in [-0.2, -0.15) is 0 Å². The number of nitrogens with one attached hydrogen (secondary N) is 1. The normalized spacial score (nSPS) is 19.5. The minimum absolute atomic E-state index is 0.315. The average Bonchev–Trinajstić information content (AvgIpc) is 2.50. The molecular weight excluding hydrogens is 332 g/mol. The minimum Gasteiger partial charge on any atom is -0.465 e. The Labute approximate surface area is 145 Å². The van der Waals surface area contributed by atoms with E-state index < -0.39 is 36.1 Å². The first-order valence-corrected chi connectivity index (χ1v) is 8.48. The third-order valence-electron chi connectivity index (χ3n) is 4.11. The summed E-state index contributed by atoms with van der Waals surface area (Å²) in [5, 5.41) is 40.5. The predicted octanol–water partition coefficient (Wildman–Crippen LogP) is 1.03. The molecule has 1 aliphatic heterocycles. The van der Waals surface area contributed by atoms with Gasteiger partial charge >= 0.3 is 6.09 Å². The Kier molecular flexibility index (Phi) is 5.46. The van der Waals surface area contributed by atoms with Crippen LogP contribution in [0.3, 0.4) is 0 Å². The molecule has 1 aromatic carbocycles. The Morgan fingerprint density at radius 3 is 2.58 bits per heavy atom. The third kappa shape index (κ3) is 4.01. The molecule has 134 valence electrons. The molecule has 2 rings (SSSR count). The lowest BCUT2D eigenvalue weighted by Crippen LogP contribution is -2.62. The van der Waals surface area contributed by atoms with Gasteiger partial charge in [0.2, 0.25) is 5.79 Å². The summed E-state index contributed by atoms with van der Waals surface area (Å²) in [5.74, 6) is -2.47. The number of amides is 1. The number of aliphatic hydroxyl groups excluding tert-OH is 1. The molecule has 2 unspecified atom stereocenters. The molecule has 1 aromatic rings. The van der Waals surface area contributed by atoms with Crippen molar-refractivity contribution in [3.8, 4) is 0 Å². The van der Waals surface area contributed by atoms with Gasteiger partial charge in [0.25, 0.3) is 0 Å². The van der Waals surface area contributed by atoms with E-state index in [1.807, 2.05) is 24.3 Å². The highest BCUT2D eigenvalue weighted by atomic mass is 32.2. The van der Waals surface area contributed by atoms with Crippen molar-refractivity contribution >= 4 is 18.0 Å². The van der Waals surface area contributed by atoms with Crippen LogP contribution in [0.4, 0.5) is 4.79 Å². The van der Waals surface area contributed by atoms with Crippen LogP contribution in [-0.2, 0) is 6.42 Å². The van der Waals surface area contributed by atoms with Gasteiger partial charge in [-0.1, -0.05) is 18.2 Å². The second-order valence-corrected chi connectivity index (χ2v) is 7.83. The van der Waals surface area contributed by atoms with E-state index in [4.69, 9.17) is 0 Å². The molecule has 1 amide bonds. The fraction of sp³-hybridized carbons (Fsp3) is 0.562. The summed E-state index contributed by atoms with van der Waals surface area (Å²) in [4.78, 5) is 13.4. The van der Waals surface area contributed by atoms with Crippen molar-refractivity contribution in [1.29, 1.82) is 0 Å². The lowest BCUT2D eigenvalue weighted by Gasteiger charge is -2.41. The predicted molar refractivity (Wildman–Crippen MR) is 90.6 cm³/mol. The van der Waals surface area contributed by atoms with E-state index in [0.29, 0.717) is 6.42 Å². The molecule has 24 heavy (non-hydrogen) atoms. The summed E-state index contributed by atoms with van der Waals surface area (Å²) < 4.78 is 2.93. The number of fused-ring (bicyclic) bond motifs is 1. The number of β-amino-alcohol motifs (C(OH)–C–C–N with tert-alkyl or cyclic N) is 1. The lowest BCUT2D eigenvalue weighted by atomic mass is 9.93. The van der Waals surface area contributed by atoms with Gasteiger partial charge in [-0.05, 0) is 50.8 Å². The molecule has 0 saturated carbocycles. The van der Waals surface area contributed by atoms with Gasteiger partial charge in [-0.3, -0.25) is 4.72 Å². The zero-order valence-electron chi connectivity index (χ0n) is 13.9. The molecule has 1 aliphatic rings. The summed E-state index contributed by atoms with van der Waals surface area (Å²) >= 11 is 1.26. The van der Waals surface area contributed by atoms with Crippen molar-refractivity contribution in [2.75, 3.05) is 6.54 Å². The molecule has 0 spiro atoms. The van der Waals surface area contributed by atoms with E-state index in [1.54, 1.807) is 20.8 Å². The van der Waals surface area contributed by atoms with Crippen LogP contribution in [0.25, 0.3) is 0 Å². The maximum absolute atomic E-state index is 11.4. The van der Waals surface area contributed by atoms with E-state index in [1.165, 1.54) is 11.9 Å². The Morgan fingerprint density at radius 2 is 2.00 bits per heavy atom. The Morgan fingerprint density at radius 1 is 1.38 bits per heavy atom. The number of hydrogen-bond acceptors (Lipinski definition) is 6. The average molecular weight is 356 g/mol. The number of carbonyl (C=O) groups is 1. The topological polar surface area (TPSA) is 113 Å². The molecule has 0 fully saturated rings. The van der Waals surface area contributed by atoms with Crippen LogP contribution < -0.4 is 4.72 Å². The number of aliphatic hydroxyl groups is 3. The van der Waals surface area contributed by atoms with Gasteiger partial charge in [0.15, 0.2) is 0 Å². The van der Waals surface area contributed by atoms with Gasteiger partial charge in [-0.25, -0.2) is 4.79 Å². The molecule has 1 heterocycles. The van der Waals surface area contributed by atoms with E-state index >= 15 is 0 Å². The first-order chi connectivity index (χ1) is 11.0. The van der Waals surface area contributed by atoms with Crippen LogP contribution in [0.5, 0.6) is 0 Å². The lowest BCUT2D eigenvalue weighted by molar-refractivity contribution is -0.243. The van der Waals surface area contributed by atoms with Crippen LogP contribution in [0, 0.1) is 0 Å². The van der Waals surface area contributed by atoms with Crippen molar-refractivity contribution < 1.29 is 25.2 Å². The Balaban J connectivity index is 2.13. The molecule has 0 saturated heterocycles. The summed E-state index contributed by atoms with van der Waals surface area (Å²) in [5.41, 5.74) is 0.168. The van der Waals surface area contributed by atoms with Crippen molar-refractivity contribution in [3.05, 3.63) is 29.8 Å². The third-order valence-corrected chi connectivity index (χ3v) is 5.13. The largest absolute Gasteiger partial charge is 0.465 e. The first-order valence-electron chi connectivity index (χ1n) is 7.67. The van der Waals surface area contributed by atoms with Gasteiger partial charge < -0.3 is 25.3 Å². The monoisotopic (exact) mass is 356 g/mol. The van der Waals surface area contributed by atoms with Gasteiger partial charge in [0.05, 0.1) is 12.6 Å². The molecule has 0 aromatic heterocycles. The molecular formula is C16H24N2O5S. The van der Waals surface area contributed by atoms with Crippen molar-refractivity contribution in [1.82, 2.24) is 9.62 Å². The zero-order valence-corrected chi connectivity index (χ0v) is 14.7. The van der Waals surface area contributed by atoms with Crippen molar-refractivity contribution in [2.45, 2.75) is 55.6 Å². The van der Waals surface area contributed by atoms with E-state index in [2.05, 4.69) is 4.72 Å². The molecule has 2 atom stereocenters. The molecule has 5 N–H and O–H groups in total. The van der Waals surface area contributed by atoms with E-state index in [0.717, 1.165) is 15.4 Å². The van der Waals surface area contributed by atoms with Crippen LogP contribution in [0.2, 0.25) is 0 Å². The van der Waals surface area contributed by atoms with Crippen LogP contribution in [-0.4, -0.2) is 61.4 Å². The highest BCUT2D eigenvalue weighted by Gasteiger charge is 2.45. The summed E-state index contributed by atoms with van der Waals surface area (Å²) in [7, 11) is 0. The van der Waals surface area contributed by atoms with Gasteiger partial charge in [-0.15, -0.1) is 0 Å². The van der Waals surface area contributed by atoms with E-state index in [9.17, 15) is 25.2 Å². The maximum Gasteiger partial charge on any atom is 0.407 e. The smallest absolute Gasteiger partial charge is 0.407 e. The van der Waals surface area contributed by atoms with Crippen LogP contribution in [0.15, 0.2) is 29.2 Å². The standard InChI is InChI=1S/C16H24N2O5S/c1-15(2,3)18(14(20)21)9-13(19)16(22,23)12-8-10-6-4-5-7-11(10)24-17-12/h4-7,12-13,17,19,22-23H,8-9H2,1-3H3,(H,20,21). The summed E-state index contributed by atoms with van der Waals surface area (Å²) in [6.45, 7) is 4.62.